The average molecular weight is 263 g/mol. The lowest BCUT2D eigenvalue weighted by molar-refractivity contribution is -0.143. The van der Waals surface area contributed by atoms with E-state index in [1.54, 1.807) is 0 Å². The lowest BCUT2D eigenvalue weighted by Gasteiger charge is -2.19. The SMILES string of the molecule is CC(C)COC1CCN(Cc2ccccc2)CCO1. The Labute approximate surface area is 116 Å². The monoisotopic (exact) mass is 263 g/mol. The minimum absolute atomic E-state index is 0.0248. The predicted molar refractivity (Wildman–Crippen MR) is 76.9 cm³/mol. The molecule has 1 atom stereocenters. The van der Waals surface area contributed by atoms with E-state index in [4.69, 9.17) is 9.47 Å². The largest absolute Gasteiger partial charge is 0.352 e. The zero-order valence-corrected chi connectivity index (χ0v) is 12.0. The van der Waals surface area contributed by atoms with Crippen molar-refractivity contribution < 1.29 is 9.47 Å². The number of nitrogens with zero attached hydrogens (tertiary/aromatic N) is 1. The number of hydrogen-bond acceptors (Lipinski definition) is 3. The molecule has 0 aliphatic carbocycles. The Kier molecular flexibility index (Phi) is 5.83. The summed E-state index contributed by atoms with van der Waals surface area (Å²) in [7, 11) is 0. The summed E-state index contributed by atoms with van der Waals surface area (Å²) in [5.74, 6) is 0.562. The minimum Gasteiger partial charge on any atom is -0.352 e. The van der Waals surface area contributed by atoms with Crippen molar-refractivity contribution in [1.29, 1.82) is 0 Å². The molecule has 1 aliphatic rings. The maximum atomic E-state index is 5.77. The van der Waals surface area contributed by atoms with Gasteiger partial charge in [0, 0.05) is 26.1 Å². The van der Waals surface area contributed by atoms with Crippen molar-refractivity contribution in [3.63, 3.8) is 0 Å². The average Bonchev–Trinajstić information content (AvgIpc) is 2.63. The van der Waals surface area contributed by atoms with Gasteiger partial charge in [-0.25, -0.2) is 0 Å². The van der Waals surface area contributed by atoms with Crippen LogP contribution < -0.4 is 0 Å². The van der Waals surface area contributed by atoms with Gasteiger partial charge in [-0.05, 0) is 11.5 Å². The molecule has 0 radical (unpaired) electrons. The molecule has 1 aromatic rings. The molecule has 2 rings (SSSR count). The van der Waals surface area contributed by atoms with Gasteiger partial charge in [0.25, 0.3) is 0 Å². The first-order chi connectivity index (χ1) is 9.24. The van der Waals surface area contributed by atoms with Crippen LogP contribution in [0.25, 0.3) is 0 Å². The van der Waals surface area contributed by atoms with Gasteiger partial charge in [-0.15, -0.1) is 0 Å². The van der Waals surface area contributed by atoms with Crippen LogP contribution in [0.4, 0.5) is 0 Å². The first-order valence-electron chi connectivity index (χ1n) is 7.23. The van der Waals surface area contributed by atoms with Gasteiger partial charge in [-0.2, -0.15) is 0 Å². The Hall–Kier alpha value is -0.900. The number of hydrogen-bond donors (Lipinski definition) is 0. The lowest BCUT2D eigenvalue weighted by atomic mass is 10.2. The molecule has 1 unspecified atom stereocenters. The van der Waals surface area contributed by atoms with Crippen LogP contribution in [0.5, 0.6) is 0 Å². The molecular weight excluding hydrogens is 238 g/mol. The zero-order chi connectivity index (χ0) is 13.5. The van der Waals surface area contributed by atoms with Crippen molar-refractivity contribution in [3.8, 4) is 0 Å². The molecule has 3 heteroatoms. The fourth-order valence-electron chi connectivity index (χ4n) is 2.23. The summed E-state index contributed by atoms with van der Waals surface area (Å²) in [5, 5.41) is 0. The molecule has 1 saturated heterocycles. The first-order valence-corrected chi connectivity index (χ1v) is 7.23. The molecule has 19 heavy (non-hydrogen) atoms. The van der Waals surface area contributed by atoms with Gasteiger partial charge in [-0.3, -0.25) is 4.90 Å². The third-order valence-corrected chi connectivity index (χ3v) is 3.26. The zero-order valence-electron chi connectivity index (χ0n) is 12.0. The van der Waals surface area contributed by atoms with Gasteiger partial charge in [0.2, 0.25) is 0 Å². The van der Waals surface area contributed by atoms with Crippen molar-refractivity contribution in [3.05, 3.63) is 35.9 Å². The molecule has 1 aliphatic heterocycles. The van der Waals surface area contributed by atoms with Crippen LogP contribution in [0.15, 0.2) is 30.3 Å². The third kappa shape index (κ3) is 5.31. The topological polar surface area (TPSA) is 21.7 Å². The second kappa shape index (κ2) is 7.63. The smallest absolute Gasteiger partial charge is 0.158 e. The van der Waals surface area contributed by atoms with E-state index in [0.717, 1.165) is 39.3 Å². The summed E-state index contributed by atoms with van der Waals surface area (Å²) >= 11 is 0. The van der Waals surface area contributed by atoms with Crippen LogP contribution in [0, 0.1) is 5.92 Å². The van der Waals surface area contributed by atoms with Crippen molar-refractivity contribution >= 4 is 0 Å². The van der Waals surface area contributed by atoms with E-state index in [9.17, 15) is 0 Å². The highest BCUT2D eigenvalue weighted by molar-refractivity contribution is 5.14. The summed E-state index contributed by atoms with van der Waals surface area (Å²) in [6.07, 6.45) is 0.933. The fraction of sp³-hybridized carbons (Fsp3) is 0.625. The van der Waals surface area contributed by atoms with Crippen molar-refractivity contribution in [2.45, 2.75) is 33.1 Å². The quantitative estimate of drug-likeness (QED) is 0.815. The molecule has 0 aromatic heterocycles. The highest BCUT2D eigenvalue weighted by Crippen LogP contribution is 2.12. The molecule has 1 fully saturated rings. The Morgan fingerprint density at radius 3 is 2.79 bits per heavy atom. The molecule has 0 amide bonds. The van der Waals surface area contributed by atoms with Gasteiger partial charge in [0.1, 0.15) is 0 Å². The van der Waals surface area contributed by atoms with Crippen molar-refractivity contribution in [2.24, 2.45) is 5.92 Å². The van der Waals surface area contributed by atoms with Crippen LogP contribution in [-0.2, 0) is 16.0 Å². The van der Waals surface area contributed by atoms with Crippen LogP contribution >= 0.6 is 0 Å². The van der Waals surface area contributed by atoms with Gasteiger partial charge in [0.05, 0.1) is 13.2 Å². The van der Waals surface area contributed by atoms with E-state index >= 15 is 0 Å². The summed E-state index contributed by atoms with van der Waals surface area (Å²) in [6, 6.07) is 10.6. The van der Waals surface area contributed by atoms with E-state index in [1.807, 2.05) is 0 Å². The molecule has 0 spiro atoms. The number of rotatable bonds is 5. The normalized spacial score (nSPS) is 21.5. The van der Waals surface area contributed by atoms with Crippen LogP contribution in [0.3, 0.4) is 0 Å². The van der Waals surface area contributed by atoms with Crippen LogP contribution in [0.1, 0.15) is 25.8 Å². The maximum absolute atomic E-state index is 5.77. The van der Waals surface area contributed by atoms with Crippen molar-refractivity contribution in [1.82, 2.24) is 4.90 Å². The van der Waals surface area contributed by atoms with Crippen LogP contribution in [-0.4, -0.2) is 37.5 Å². The summed E-state index contributed by atoms with van der Waals surface area (Å²) in [4.78, 5) is 2.44. The Balaban J connectivity index is 1.77. The van der Waals surface area contributed by atoms with Gasteiger partial charge in [-0.1, -0.05) is 44.2 Å². The number of ether oxygens (including phenoxy) is 2. The lowest BCUT2D eigenvalue weighted by Crippen LogP contribution is -2.26. The molecule has 106 valence electrons. The van der Waals surface area contributed by atoms with Crippen LogP contribution in [0.2, 0.25) is 0 Å². The van der Waals surface area contributed by atoms with E-state index in [1.165, 1.54) is 5.56 Å². The Morgan fingerprint density at radius 1 is 1.26 bits per heavy atom. The van der Waals surface area contributed by atoms with Gasteiger partial charge < -0.3 is 9.47 Å². The predicted octanol–water partition coefficient (Wildman–Crippen LogP) is 2.91. The standard InChI is InChI=1S/C16H25NO2/c1-14(2)13-19-16-8-9-17(10-11-18-16)12-15-6-4-3-5-7-15/h3-7,14,16H,8-13H2,1-2H3. The molecular formula is C16H25NO2. The summed E-state index contributed by atoms with van der Waals surface area (Å²) in [6.45, 7) is 8.89. The summed E-state index contributed by atoms with van der Waals surface area (Å²) < 4.78 is 11.5. The summed E-state index contributed by atoms with van der Waals surface area (Å²) in [5.41, 5.74) is 1.36. The Morgan fingerprint density at radius 2 is 2.05 bits per heavy atom. The second-order valence-electron chi connectivity index (χ2n) is 5.58. The maximum Gasteiger partial charge on any atom is 0.158 e. The highest BCUT2D eigenvalue weighted by atomic mass is 16.7. The highest BCUT2D eigenvalue weighted by Gasteiger charge is 2.18. The molecule has 0 bridgehead atoms. The van der Waals surface area contributed by atoms with E-state index in [-0.39, 0.29) is 6.29 Å². The molecule has 0 saturated carbocycles. The second-order valence-corrected chi connectivity index (χ2v) is 5.58. The van der Waals surface area contributed by atoms with Crippen molar-refractivity contribution in [2.75, 3.05) is 26.3 Å². The fourth-order valence-corrected chi connectivity index (χ4v) is 2.23. The number of benzene rings is 1. The van der Waals surface area contributed by atoms with Gasteiger partial charge in [0.15, 0.2) is 6.29 Å². The first kappa shape index (κ1) is 14.5. The van der Waals surface area contributed by atoms with E-state index in [2.05, 4.69) is 49.1 Å². The molecule has 3 nitrogen and oxygen atoms in total. The minimum atomic E-state index is -0.0248. The molecule has 0 N–H and O–H groups in total. The van der Waals surface area contributed by atoms with E-state index in [0.29, 0.717) is 5.92 Å². The van der Waals surface area contributed by atoms with Gasteiger partial charge >= 0.3 is 0 Å². The molecule has 1 heterocycles. The molecule has 1 aromatic carbocycles. The third-order valence-electron chi connectivity index (χ3n) is 3.26. The Bertz CT molecular complexity index is 353. The van der Waals surface area contributed by atoms with E-state index < -0.39 is 0 Å².